The van der Waals surface area contributed by atoms with Gasteiger partial charge in [0, 0.05) is 13.1 Å². The average Bonchev–Trinajstić information content (AvgIpc) is 1.41. The van der Waals surface area contributed by atoms with Crippen LogP contribution in [-0.2, 0) is 4.79 Å². The van der Waals surface area contributed by atoms with Crippen molar-refractivity contribution in [1.82, 2.24) is 0 Å². The van der Waals surface area contributed by atoms with Gasteiger partial charge in [-0.05, 0) is 6.92 Å². The minimum Gasteiger partial charge on any atom is -0.550 e. The van der Waals surface area contributed by atoms with E-state index in [0.29, 0.717) is 0 Å². The number of hydrogen-bond acceptors (Lipinski definition) is 3. The van der Waals surface area contributed by atoms with Crippen molar-refractivity contribution in [2.75, 3.05) is 7.11 Å². The summed E-state index contributed by atoms with van der Waals surface area (Å²) in [6.45, 7) is 0.972. The Balaban J connectivity index is -0.0000000480. The summed E-state index contributed by atoms with van der Waals surface area (Å²) < 4.78 is 0. The van der Waals surface area contributed by atoms with Crippen molar-refractivity contribution in [3.05, 3.63) is 0 Å². The Hall–Kier alpha value is 0.0274. The third-order valence-electron chi connectivity index (χ3n) is 0. The molecule has 0 aliphatic rings. The second-order valence-corrected chi connectivity index (χ2v) is 0.492. The zero-order valence-electron chi connectivity index (χ0n) is 4.76. The van der Waals surface area contributed by atoms with E-state index < -0.39 is 5.97 Å². The number of carboxylic acid groups (broad SMARTS) is 1. The van der Waals surface area contributed by atoms with Crippen LogP contribution in [0.1, 0.15) is 6.92 Å². The van der Waals surface area contributed by atoms with Gasteiger partial charge in [-0.2, -0.15) is 0 Å². The second kappa shape index (κ2) is 16.6. The molecule has 38 valence electrons. The smallest absolute Gasteiger partial charge is 0.550 e. The Bertz CT molecular complexity index is 33.2. The van der Waals surface area contributed by atoms with Gasteiger partial charge in [-0.1, -0.05) is 0 Å². The summed E-state index contributed by atoms with van der Waals surface area (Å²) in [5.74, 6) is -1.08. The molecule has 0 saturated carbocycles. The molecule has 0 saturated heterocycles. The van der Waals surface area contributed by atoms with Crippen LogP contribution in [0.5, 0.6) is 0 Å². The van der Waals surface area contributed by atoms with E-state index in [1.165, 1.54) is 0 Å². The number of carbonyl (C=O) groups excluding carboxylic acids is 1. The van der Waals surface area contributed by atoms with Crippen LogP contribution in [0, 0.1) is 0 Å². The predicted octanol–water partition coefficient (Wildman–Crippen LogP) is -4.63. The van der Waals surface area contributed by atoms with Gasteiger partial charge in [-0.25, -0.2) is 0 Å². The molecule has 0 aromatic heterocycles. The number of carboxylic acids is 1. The molecule has 3 nitrogen and oxygen atoms in total. The zero-order chi connectivity index (χ0) is 5.58. The minimum atomic E-state index is -1.08. The number of aliphatic hydroxyl groups excluding tert-OH is 1. The van der Waals surface area contributed by atoms with Crippen LogP contribution >= 0.6 is 0 Å². The van der Waals surface area contributed by atoms with Gasteiger partial charge in [0.15, 0.2) is 0 Å². The topological polar surface area (TPSA) is 60.4 Å². The van der Waals surface area contributed by atoms with Gasteiger partial charge >= 0.3 is 18.9 Å². The number of aliphatic carboxylic acids is 1. The van der Waals surface area contributed by atoms with E-state index >= 15 is 0 Å². The van der Waals surface area contributed by atoms with Crippen molar-refractivity contribution >= 4 is 5.97 Å². The van der Waals surface area contributed by atoms with Crippen LogP contribution in [-0.4, -0.2) is 18.2 Å². The van der Waals surface area contributed by atoms with Gasteiger partial charge in [0.05, 0.1) is 0 Å². The van der Waals surface area contributed by atoms with Crippen LogP contribution in [0.15, 0.2) is 0 Å². The fraction of sp³-hybridized carbons (Fsp3) is 0.667. The van der Waals surface area contributed by atoms with Crippen LogP contribution in [0.25, 0.3) is 0 Å². The van der Waals surface area contributed by atoms with E-state index in [2.05, 4.69) is 0 Å². The molecule has 4 heteroatoms. The Morgan fingerprint density at radius 1 is 1.57 bits per heavy atom. The summed E-state index contributed by atoms with van der Waals surface area (Å²) in [5.41, 5.74) is 0. The quantitative estimate of drug-likeness (QED) is 0.310. The molecule has 0 spiro atoms. The van der Waals surface area contributed by atoms with Crippen molar-refractivity contribution < 1.29 is 33.9 Å². The predicted molar refractivity (Wildman–Crippen MR) is 18.8 cm³/mol. The van der Waals surface area contributed by atoms with Gasteiger partial charge in [0.25, 0.3) is 0 Å². The molecule has 0 atom stereocenters. The Labute approximate surface area is 54.5 Å². The summed E-state index contributed by atoms with van der Waals surface area (Å²) in [6.07, 6.45) is 0. The first kappa shape index (κ1) is 15.7. The van der Waals surface area contributed by atoms with E-state index in [9.17, 15) is 0 Å². The van der Waals surface area contributed by atoms with Gasteiger partial charge in [0.1, 0.15) is 0 Å². The van der Waals surface area contributed by atoms with Crippen molar-refractivity contribution in [3.63, 3.8) is 0 Å². The van der Waals surface area contributed by atoms with Crippen molar-refractivity contribution in [3.8, 4) is 0 Å². The molecule has 7 heavy (non-hydrogen) atoms. The molecule has 0 aliphatic heterocycles. The largest absolute Gasteiger partial charge is 1.00 e. The summed E-state index contributed by atoms with van der Waals surface area (Å²) >= 11 is 0. The van der Waals surface area contributed by atoms with Crippen LogP contribution in [0.2, 0.25) is 0 Å². The first-order valence-corrected chi connectivity index (χ1v) is 1.36. The summed E-state index contributed by atoms with van der Waals surface area (Å²) in [7, 11) is 1.00. The van der Waals surface area contributed by atoms with Crippen LogP contribution in [0.3, 0.4) is 0 Å². The number of rotatable bonds is 0. The Morgan fingerprint density at radius 3 is 1.57 bits per heavy atom. The van der Waals surface area contributed by atoms with Gasteiger partial charge in [-0.3, -0.25) is 0 Å². The molecule has 0 heterocycles. The third-order valence-corrected chi connectivity index (χ3v) is 0. The molecule has 0 bridgehead atoms. The molecule has 1 N–H and O–H groups in total. The van der Waals surface area contributed by atoms with Crippen molar-refractivity contribution in [1.29, 1.82) is 0 Å². The second-order valence-electron chi connectivity index (χ2n) is 0.492. The molecule has 0 rings (SSSR count). The van der Waals surface area contributed by atoms with Crippen molar-refractivity contribution in [2.24, 2.45) is 0 Å². The number of hydrogen-bond donors (Lipinski definition) is 1. The summed E-state index contributed by atoms with van der Waals surface area (Å²) in [4.78, 5) is 8.89. The molecule has 0 aliphatic carbocycles. The first-order valence-electron chi connectivity index (χ1n) is 1.36. The van der Waals surface area contributed by atoms with Crippen molar-refractivity contribution in [2.45, 2.75) is 6.92 Å². The summed E-state index contributed by atoms with van der Waals surface area (Å²) in [6, 6.07) is 0. The van der Waals surface area contributed by atoms with Crippen LogP contribution < -0.4 is 24.0 Å². The van der Waals surface area contributed by atoms with Gasteiger partial charge in [0.2, 0.25) is 0 Å². The van der Waals surface area contributed by atoms with Gasteiger partial charge in [-0.15, -0.1) is 0 Å². The van der Waals surface area contributed by atoms with E-state index in [1.807, 2.05) is 0 Å². The van der Waals surface area contributed by atoms with E-state index in [-0.39, 0.29) is 18.9 Å². The van der Waals surface area contributed by atoms with E-state index in [4.69, 9.17) is 15.0 Å². The fourth-order valence-electron chi connectivity index (χ4n) is 0. The molecular weight excluding hydrogens is 91.0 g/mol. The molecule has 0 aromatic rings. The molecule has 0 amide bonds. The standard InChI is InChI=1S/C2H4O2.CH4O.Li/c1-2(3)4;1-2;/h1H3,(H,3,4);2H,1H3;/q;;+1/p-1. The maximum atomic E-state index is 8.89. The fourth-order valence-corrected chi connectivity index (χ4v) is 0. The molecule has 0 unspecified atom stereocenters. The molecule has 0 fully saturated rings. The monoisotopic (exact) mass is 98.1 g/mol. The maximum Gasteiger partial charge on any atom is 1.00 e. The van der Waals surface area contributed by atoms with E-state index in [0.717, 1.165) is 14.0 Å². The SMILES string of the molecule is CC(=O)[O-].CO.[Li+]. The normalized spacial score (nSPS) is 4.43. The minimum absolute atomic E-state index is 0. The maximum absolute atomic E-state index is 8.89. The zero-order valence-corrected chi connectivity index (χ0v) is 4.76. The van der Waals surface area contributed by atoms with Gasteiger partial charge < -0.3 is 15.0 Å². The molecular formula is C3H7LiO3. The van der Waals surface area contributed by atoms with Crippen LogP contribution in [0.4, 0.5) is 0 Å². The number of aliphatic hydroxyl groups is 1. The Kier molecular flexibility index (Phi) is 37.4. The first-order chi connectivity index (χ1) is 2.73. The third kappa shape index (κ3) is 130000. The summed E-state index contributed by atoms with van der Waals surface area (Å²) in [5, 5.41) is 15.9. The number of carbonyl (C=O) groups is 1. The Morgan fingerprint density at radius 2 is 1.57 bits per heavy atom. The van der Waals surface area contributed by atoms with E-state index in [1.54, 1.807) is 0 Å². The molecule has 0 aromatic carbocycles. The average molecular weight is 98.0 g/mol. The molecule has 0 radical (unpaired) electrons.